The van der Waals surface area contributed by atoms with E-state index in [2.05, 4.69) is 15.1 Å². The first kappa shape index (κ1) is 9.36. The highest BCUT2D eigenvalue weighted by molar-refractivity contribution is 5.21. The highest BCUT2D eigenvalue weighted by Crippen LogP contribution is 2.23. The van der Waals surface area contributed by atoms with Crippen LogP contribution in [0, 0.1) is 0 Å². The van der Waals surface area contributed by atoms with Gasteiger partial charge in [-0.25, -0.2) is 0 Å². The van der Waals surface area contributed by atoms with Gasteiger partial charge in [-0.2, -0.15) is 5.10 Å². The topological polar surface area (TPSA) is 39.1 Å². The van der Waals surface area contributed by atoms with Crippen molar-refractivity contribution in [2.75, 3.05) is 19.8 Å². The van der Waals surface area contributed by atoms with E-state index in [9.17, 15) is 0 Å². The maximum atomic E-state index is 5.52. The van der Waals surface area contributed by atoms with Crippen LogP contribution in [0.25, 0.3) is 0 Å². The molecule has 82 valence electrons. The van der Waals surface area contributed by atoms with Crippen molar-refractivity contribution < 1.29 is 4.74 Å². The van der Waals surface area contributed by atoms with Crippen LogP contribution in [0.3, 0.4) is 0 Å². The Kier molecular flexibility index (Phi) is 2.46. The van der Waals surface area contributed by atoms with E-state index in [1.165, 1.54) is 17.7 Å². The lowest BCUT2D eigenvalue weighted by molar-refractivity contribution is 0.0538. The minimum atomic E-state index is 0.473. The molecule has 2 aliphatic rings. The van der Waals surface area contributed by atoms with Crippen LogP contribution >= 0.6 is 0 Å². The van der Waals surface area contributed by atoms with Crippen LogP contribution in [0.15, 0.2) is 6.20 Å². The van der Waals surface area contributed by atoms with E-state index in [4.69, 9.17) is 4.74 Å². The Hall–Kier alpha value is -0.870. The molecule has 0 amide bonds. The van der Waals surface area contributed by atoms with Crippen LogP contribution in [-0.4, -0.2) is 29.5 Å². The highest BCUT2D eigenvalue weighted by Gasteiger charge is 2.22. The third kappa shape index (κ3) is 1.68. The molecule has 1 aromatic rings. The molecule has 1 saturated heterocycles. The first-order chi connectivity index (χ1) is 7.45. The van der Waals surface area contributed by atoms with Crippen molar-refractivity contribution in [2.45, 2.75) is 31.8 Å². The molecule has 15 heavy (non-hydrogen) atoms. The van der Waals surface area contributed by atoms with Gasteiger partial charge < -0.3 is 10.1 Å². The number of rotatable bonds is 1. The fourth-order valence-corrected chi connectivity index (χ4v) is 2.51. The molecule has 4 nitrogen and oxygen atoms in total. The van der Waals surface area contributed by atoms with Crippen LogP contribution in [0.4, 0.5) is 0 Å². The van der Waals surface area contributed by atoms with Crippen molar-refractivity contribution in [3.05, 3.63) is 17.5 Å². The maximum Gasteiger partial charge on any atom is 0.0756 e. The average Bonchev–Trinajstić information content (AvgIpc) is 2.74. The second kappa shape index (κ2) is 3.94. The summed E-state index contributed by atoms with van der Waals surface area (Å²) >= 11 is 0. The molecule has 3 rings (SSSR count). The van der Waals surface area contributed by atoms with Crippen LogP contribution in [-0.2, 0) is 17.7 Å². The predicted octanol–water partition coefficient (Wildman–Crippen LogP) is 0.880. The third-order valence-electron chi connectivity index (χ3n) is 3.32. The largest absolute Gasteiger partial charge is 0.379 e. The number of fused-ring (bicyclic) bond motifs is 1. The molecule has 4 heteroatoms. The van der Waals surface area contributed by atoms with Gasteiger partial charge in [-0.15, -0.1) is 0 Å². The van der Waals surface area contributed by atoms with Crippen molar-refractivity contribution in [2.24, 2.45) is 0 Å². The molecule has 0 aliphatic carbocycles. The Labute approximate surface area is 89.6 Å². The number of nitrogens with zero attached hydrogens (tertiary/aromatic N) is 2. The summed E-state index contributed by atoms with van der Waals surface area (Å²) in [7, 11) is 0. The summed E-state index contributed by atoms with van der Waals surface area (Å²) in [5, 5.41) is 7.89. The molecule has 0 aromatic carbocycles. The summed E-state index contributed by atoms with van der Waals surface area (Å²) in [5.41, 5.74) is 2.79. The number of nitrogens with one attached hydrogen (secondary N) is 1. The molecule has 0 radical (unpaired) electrons. The molecule has 1 atom stereocenters. The van der Waals surface area contributed by atoms with Crippen molar-refractivity contribution in [3.8, 4) is 0 Å². The molecule has 0 saturated carbocycles. The van der Waals surface area contributed by atoms with E-state index in [1.54, 1.807) is 0 Å². The lowest BCUT2D eigenvalue weighted by atomic mass is 10.1. The zero-order valence-electron chi connectivity index (χ0n) is 8.91. The normalized spacial score (nSPS) is 26.3. The van der Waals surface area contributed by atoms with Crippen LogP contribution in [0.5, 0.6) is 0 Å². The molecule has 2 aliphatic heterocycles. The summed E-state index contributed by atoms with van der Waals surface area (Å²) < 4.78 is 7.72. The number of hydrogen-bond donors (Lipinski definition) is 1. The lowest BCUT2D eigenvalue weighted by Gasteiger charge is -2.25. The minimum Gasteiger partial charge on any atom is -0.379 e. The van der Waals surface area contributed by atoms with Crippen molar-refractivity contribution in [1.29, 1.82) is 0 Å². The smallest absolute Gasteiger partial charge is 0.0756 e. The molecule has 3 heterocycles. The molecular weight excluding hydrogens is 190 g/mol. The quantitative estimate of drug-likeness (QED) is 0.743. The van der Waals surface area contributed by atoms with Crippen molar-refractivity contribution >= 4 is 0 Å². The van der Waals surface area contributed by atoms with Crippen molar-refractivity contribution in [3.63, 3.8) is 0 Å². The Morgan fingerprint density at radius 2 is 2.53 bits per heavy atom. The third-order valence-corrected chi connectivity index (χ3v) is 3.32. The van der Waals surface area contributed by atoms with Gasteiger partial charge in [0.1, 0.15) is 0 Å². The van der Waals surface area contributed by atoms with Gasteiger partial charge in [0.25, 0.3) is 0 Å². The van der Waals surface area contributed by atoms with Crippen LogP contribution < -0.4 is 5.32 Å². The zero-order valence-corrected chi connectivity index (χ0v) is 8.91. The second-order valence-electron chi connectivity index (χ2n) is 4.36. The fourth-order valence-electron chi connectivity index (χ4n) is 2.51. The summed E-state index contributed by atoms with van der Waals surface area (Å²) in [6.07, 6.45) is 5.49. The van der Waals surface area contributed by atoms with Gasteiger partial charge in [0, 0.05) is 37.4 Å². The minimum absolute atomic E-state index is 0.473. The van der Waals surface area contributed by atoms with Gasteiger partial charge in [0.2, 0.25) is 0 Å². The first-order valence-corrected chi connectivity index (χ1v) is 5.79. The number of aromatic nitrogens is 2. The zero-order chi connectivity index (χ0) is 10.1. The fraction of sp³-hybridized carbons (Fsp3) is 0.727. The van der Waals surface area contributed by atoms with Crippen molar-refractivity contribution in [1.82, 2.24) is 15.1 Å². The van der Waals surface area contributed by atoms with Gasteiger partial charge in [-0.1, -0.05) is 0 Å². The Morgan fingerprint density at radius 1 is 1.53 bits per heavy atom. The van der Waals surface area contributed by atoms with E-state index in [0.717, 1.165) is 39.1 Å². The van der Waals surface area contributed by atoms with E-state index in [0.29, 0.717) is 6.04 Å². The average molecular weight is 207 g/mol. The Bertz CT molecular complexity index is 342. The van der Waals surface area contributed by atoms with Crippen LogP contribution in [0.2, 0.25) is 0 Å². The summed E-state index contributed by atoms with van der Waals surface area (Å²) in [6, 6.07) is 0.473. The van der Waals surface area contributed by atoms with Gasteiger partial charge >= 0.3 is 0 Å². The van der Waals surface area contributed by atoms with Gasteiger partial charge in [0.05, 0.1) is 18.8 Å². The van der Waals surface area contributed by atoms with E-state index in [1.807, 2.05) is 6.20 Å². The number of hydrogen-bond acceptors (Lipinski definition) is 3. The van der Waals surface area contributed by atoms with Crippen LogP contribution in [0.1, 0.15) is 30.1 Å². The lowest BCUT2D eigenvalue weighted by Crippen LogP contribution is -2.28. The van der Waals surface area contributed by atoms with Gasteiger partial charge in [0.15, 0.2) is 0 Å². The maximum absolute atomic E-state index is 5.52. The van der Waals surface area contributed by atoms with E-state index in [-0.39, 0.29) is 0 Å². The molecule has 1 unspecified atom stereocenters. The molecule has 1 aromatic heterocycles. The molecule has 1 N–H and O–H groups in total. The SMILES string of the molecule is c1nn(C2CCCOC2)c2c1CNCC2. The van der Waals surface area contributed by atoms with E-state index >= 15 is 0 Å². The van der Waals surface area contributed by atoms with E-state index < -0.39 is 0 Å². The summed E-state index contributed by atoms with van der Waals surface area (Å²) in [4.78, 5) is 0. The summed E-state index contributed by atoms with van der Waals surface area (Å²) in [6.45, 7) is 3.80. The standard InChI is InChI=1S/C11H17N3O/c1-2-10(8-15-5-1)14-11-3-4-12-6-9(11)7-13-14/h7,10,12H,1-6,8H2. The molecule has 0 spiro atoms. The van der Waals surface area contributed by atoms with Gasteiger partial charge in [-0.3, -0.25) is 4.68 Å². The monoisotopic (exact) mass is 207 g/mol. The Balaban J connectivity index is 1.87. The highest BCUT2D eigenvalue weighted by atomic mass is 16.5. The predicted molar refractivity (Wildman–Crippen MR) is 56.7 cm³/mol. The molecular formula is C11H17N3O. The summed E-state index contributed by atoms with van der Waals surface area (Å²) in [5.74, 6) is 0. The second-order valence-corrected chi connectivity index (χ2v) is 4.36. The first-order valence-electron chi connectivity index (χ1n) is 5.79. The number of ether oxygens (including phenoxy) is 1. The van der Waals surface area contributed by atoms with Gasteiger partial charge in [-0.05, 0) is 12.8 Å². The molecule has 0 bridgehead atoms. The molecule has 1 fully saturated rings. The Morgan fingerprint density at radius 3 is 3.40 bits per heavy atom.